The van der Waals surface area contributed by atoms with Gasteiger partial charge in [0.05, 0.1) is 6.10 Å². The summed E-state index contributed by atoms with van der Waals surface area (Å²) in [5.41, 5.74) is 2.30. The van der Waals surface area contributed by atoms with Crippen molar-refractivity contribution in [3.8, 4) is 0 Å². The van der Waals surface area contributed by atoms with E-state index in [0.29, 0.717) is 5.92 Å². The molecule has 0 aliphatic rings. The molecule has 0 heterocycles. The van der Waals surface area contributed by atoms with Crippen LogP contribution in [0.5, 0.6) is 0 Å². The van der Waals surface area contributed by atoms with Crippen molar-refractivity contribution in [2.24, 2.45) is 0 Å². The first kappa shape index (κ1) is 9.27. The normalized spacial score (nSPS) is 13.4. The Kier molecular flexibility index (Phi) is 2.88. The number of hydrogen-bond donors (Lipinski definition) is 1. The van der Waals surface area contributed by atoms with Crippen LogP contribution < -0.4 is 0 Å². The highest BCUT2D eigenvalue weighted by atomic mass is 16.3. The molecule has 1 N–H and O–H groups in total. The largest absolute Gasteiger partial charge is 0.389 e. The standard InChI is InChI=1S/C11H16O/c1-8(2)10-4-6-11(7-5-10)9(3)12/h4-9,12H,1-3H3. The summed E-state index contributed by atoms with van der Waals surface area (Å²) < 4.78 is 0. The topological polar surface area (TPSA) is 20.2 Å². The van der Waals surface area contributed by atoms with Crippen LogP contribution in [0, 0.1) is 0 Å². The molecule has 0 spiro atoms. The summed E-state index contributed by atoms with van der Waals surface area (Å²) in [5.74, 6) is 0.563. The molecule has 0 saturated carbocycles. The van der Waals surface area contributed by atoms with Gasteiger partial charge in [-0.05, 0) is 24.0 Å². The van der Waals surface area contributed by atoms with Gasteiger partial charge in [0.15, 0.2) is 0 Å². The lowest BCUT2D eigenvalue weighted by Crippen LogP contribution is -1.92. The van der Waals surface area contributed by atoms with Crippen LogP contribution in [-0.2, 0) is 0 Å². The lowest BCUT2D eigenvalue weighted by Gasteiger charge is -2.08. The third kappa shape index (κ3) is 2.08. The quantitative estimate of drug-likeness (QED) is 0.712. The Labute approximate surface area is 74.1 Å². The van der Waals surface area contributed by atoms with Gasteiger partial charge in [-0.3, -0.25) is 0 Å². The maximum Gasteiger partial charge on any atom is 0.0761 e. The van der Waals surface area contributed by atoms with Crippen molar-refractivity contribution in [2.45, 2.75) is 32.8 Å². The molecule has 1 atom stereocenters. The zero-order chi connectivity index (χ0) is 9.14. The van der Waals surface area contributed by atoms with E-state index in [2.05, 4.69) is 26.0 Å². The SMILES string of the molecule is CC(C)c1ccc(C(C)O)cc1. The van der Waals surface area contributed by atoms with Gasteiger partial charge in [-0.1, -0.05) is 38.1 Å². The minimum atomic E-state index is -0.355. The van der Waals surface area contributed by atoms with E-state index in [1.165, 1.54) is 5.56 Å². The van der Waals surface area contributed by atoms with Gasteiger partial charge in [0, 0.05) is 0 Å². The van der Waals surface area contributed by atoms with Crippen LogP contribution in [0.4, 0.5) is 0 Å². The summed E-state index contributed by atoms with van der Waals surface area (Å²) in [6.07, 6.45) is -0.355. The third-order valence-electron chi connectivity index (χ3n) is 2.09. The van der Waals surface area contributed by atoms with Gasteiger partial charge in [0.1, 0.15) is 0 Å². The Morgan fingerprint density at radius 2 is 1.33 bits per heavy atom. The Morgan fingerprint density at radius 3 is 1.67 bits per heavy atom. The van der Waals surface area contributed by atoms with Crippen LogP contribution in [0.1, 0.15) is 43.9 Å². The molecule has 1 unspecified atom stereocenters. The molecular weight excluding hydrogens is 148 g/mol. The van der Waals surface area contributed by atoms with E-state index in [1.807, 2.05) is 12.1 Å². The molecule has 0 aliphatic carbocycles. The molecule has 1 rings (SSSR count). The predicted molar refractivity (Wildman–Crippen MR) is 51.2 cm³/mol. The molecule has 0 aromatic heterocycles. The molecule has 0 bridgehead atoms. The summed E-state index contributed by atoms with van der Waals surface area (Å²) in [7, 11) is 0. The maximum atomic E-state index is 9.25. The summed E-state index contributed by atoms with van der Waals surface area (Å²) in [5, 5.41) is 9.25. The number of aliphatic hydroxyl groups excluding tert-OH is 1. The van der Waals surface area contributed by atoms with E-state index in [1.54, 1.807) is 6.92 Å². The Morgan fingerprint density at radius 1 is 0.917 bits per heavy atom. The average molecular weight is 164 g/mol. The molecular formula is C11H16O. The fourth-order valence-corrected chi connectivity index (χ4v) is 1.16. The van der Waals surface area contributed by atoms with Gasteiger partial charge in [-0.25, -0.2) is 0 Å². The van der Waals surface area contributed by atoms with E-state index in [9.17, 15) is 5.11 Å². The van der Waals surface area contributed by atoms with Crippen LogP contribution in [-0.4, -0.2) is 5.11 Å². The van der Waals surface area contributed by atoms with Crippen molar-refractivity contribution in [2.75, 3.05) is 0 Å². The van der Waals surface area contributed by atoms with Crippen molar-refractivity contribution in [1.29, 1.82) is 0 Å². The molecule has 0 fully saturated rings. The van der Waals surface area contributed by atoms with Gasteiger partial charge >= 0.3 is 0 Å². The van der Waals surface area contributed by atoms with Crippen molar-refractivity contribution >= 4 is 0 Å². The highest BCUT2D eigenvalue weighted by Crippen LogP contribution is 2.17. The van der Waals surface area contributed by atoms with Crippen LogP contribution in [0.25, 0.3) is 0 Å². The molecule has 66 valence electrons. The molecule has 1 aromatic carbocycles. The molecule has 1 aromatic rings. The van der Waals surface area contributed by atoms with Crippen molar-refractivity contribution < 1.29 is 5.11 Å². The molecule has 0 saturated heterocycles. The second kappa shape index (κ2) is 3.72. The van der Waals surface area contributed by atoms with E-state index in [4.69, 9.17) is 0 Å². The Balaban J connectivity index is 2.86. The highest BCUT2D eigenvalue weighted by Gasteiger charge is 2.01. The summed E-state index contributed by atoms with van der Waals surface area (Å²) >= 11 is 0. The molecule has 0 radical (unpaired) electrons. The van der Waals surface area contributed by atoms with Crippen molar-refractivity contribution in [3.63, 3.8) is 0 Å². The van der Waals surface area contributed by atoms with E-state index < -0.39 is 0 Å². The summed E-state index contributed by atoms with van der Waals surface area (Å²) in [6.45, 7) is 6.11. The summed E-state index contributed by atoms with van der Waals surface area (Å²) in [6, 6.07) is 8.12. The van der Waals surface area contributed by atoms with Crippen LogP contribution in [0.2, 0.25) is 0 Å². The summed E-state index contributed by atoms with van der Waals surface area (Å²) in [4.78, 5) is 0. The third-order valence-corrected chi connectivity index (χ3v) is 2.09. The fraction of sp³-hybridized carbons (Fsp3) is 0.455. The monoisotopic (exact) mass is 164 g/mol. The van der Waals surface area contributed by atoms with Gasteiger partial charge < -0.3 is 5.11 Å². The first-order valence-corrected chi connectivity index (χ1v) is 4.39. The van der Waals surface area contributed by atoms with Crippen LogP contribution in [0.15, 0.2) is 24.3 Å². The second-order valence-corrected chi connectivity index (χ2v) is 3.50. The second-order valence-electron chi connectivity index (χ2n) is 3.50. The van der Waals surface area contributed by atoms with E-state index in [-0.39, 0.29) is 6.10 Å². The fourth-order valence-electron chi connectivity index (χ4n) is 1.16. The van der Waals surface area contributed by atoms with Gasteiger partial charge in [0.2, 0.25) is 0 Å². The molecule has 1 nitrogen and oxygen atoms in total. The lowest BCUT2D eigenvalue weighted by molar-refractivity contribution is 0.199. The molecule has 0 amide bonds. The van der Waals surface area contributed by atoms with Crippen LogP contribution >= 0.6 is 0 Å². The average Bonchev–Trinajstić information content (AvgIpc) is 2.04. The van der Waals surface area contributed by atoms with Gasteiger partial charge in [-0.2, -0.15) is 0 Å². The predicted octanol–water partition coefficient (Wildman–Crippen LogP) is 2.86. The van der Waals surface area contributed by atoms with Crippen molar-refractivity contribution in [3.05, 3.63) is 35.4 Å². The van der Waals surface area contributed by atoms with Crippen LogP contribution in [0.3, 0.4) is 0 Å². The van der Waals surface area contributed by atoms with Gasteiger partial charge in [0.25, 0.3) is 0 Å². The van der Waals surface area contributed by atoms with E-state index in [0.717, 1.165) is 5.56 Å². The van der Waals surface area contributed by atoms with Gasteiger partial charge in [-0.15, -0.1) is 0 Å². The molecule has 12 heavy (non-hydrogen) atoms. The van der Waals surface area contributed by atoms with Crippen molar-refractivity contribution in [1.82, 2.24) is 0 Å². The maximum absolute atomic E-state index is 9.25. The first-order valence-electron chi connectivity index (χ1n) is 4.39. The smallest absolute Gasteiger partial charge is 0.0761 e. The lowest BCUT2D eigenvalue weighted by atomic mass is 10.0. The number of benzene rings is 1. The molecule has 0 aliphatic heterocycles. The Hall–Kier alpha value is -0.820. The number of hydrogen-bond acceptors (Lipinski definition) is 1. The Bertz CT molecular complexity index is 207. The number of aliphatic hydroxyl groups is 1. The number of rotatable bonds is 2. The molecule has 1 heteroatoms. The minimum Gasteiger partial charge on any atom is -0.389 e. The van der Waals surface area contributed by atoms with E-state index >= 15 is 0 Å². The highest BCUT2D eigenvalue weighted by molar-refractivity contribution is 5.25. The zero-order valence-corrected chi connectivity index (χ0v) is 7.91. The minimum absolute atomic E-state index is 0.355. The first-order chi connectivity index (χ1) is 5.61. The zero-order valence-electron chi connectivity index (χ0n) is 7.91.